The zero-order valence-corrected chi connectivity index (χ0v) is 11.0. The number of carbonyl (C=O) groups is 1. The highest BCUT2D eigenvalue weighted by Crippen LogP contribution is 2.35. The molecule has 110 valence electrons. The summed E-state index contributed by atoms with van der Waals surface area (Å²) in [6, 6.07) is 8.92. The Morgan fingerprint density at radius 1 is 1.30 bits per heavy atom. The normalized spacial score (nSPS) is 31.0. The van der Waals surface area contributed by atoms with E-state index in [0.29, 0.717) is 5.56 Å². The summed E-state index contributed by atoms with van der Waals surface area (Å²) in [6.45, 7) is 0. The summed E-state index contributed by atoms with van der Waals surface area (Å²) in [5, 5.41) is 29.9. The van der Waals surface area contributed by atoms with Crippen LogP contribution in [0.1, 0.15) is 18.1 Å². The van der Waals surface area contributed by atoms with Crippen LogP contribution in [0.5, 0.6) is 0 Å². The fraction of sp³-hybridized carbons (Fsp3) is 0.500. The van der Waals surface area contributed by atoms with Crippen LogP contribution in [0.4, 0.5) is 0 Å². The number of aliphatic hydroxyl groups excluding tert-OH is 3. The van der Waals surface area contributed by atoms with E-state index in [-0.39, 0.29) is 6.42 Å². The Kier molecular flexibility index (Phi) is 4.72. The summed E-state index contributed by atoms with van der Waals surface area (Å²) in [7, 11) is 1.21. The number of hydrogen-bond acceptors (Lipinski definition) is 6. The molecule has 0 aromatic heterocycles. The SMILES string of the molecule is COC(=O)C[C@H](O)[C@H]1O[C@@H](c2ccccc2)[C@@H](O)[C@H]1O. The van der Waals surface area contributed by atoms with Crippen molar-refractivity contribution in [3.05, 3.63) is 35.9 Å². The van der Waals surface area contributed by atoms with E-state index in [1.807, 2.05) is 6.07 Å². The van der Waals surface area contributed by atoms with Gasteiger partial charge in [0.05, 0.1) is 19.6 Å². The number of ether oxygens (including phenoxy) is 2. The molecule has 1 aliphatic rings. The molecule has 0 spiro atoms. The molecule has 1 fully saturated rings. The Bertz CT molecular complexity index is 448. The first-order valence-electron chi connectivity index (χ1n) is 6.36. The zero-order chi connectivity index (χ0) is 14.7. The second-order valence-electron chi connectivity index (χ2n) is 4.76. The molecule has 0 bridgehead atoms. The predicted molar refractivity (Wildman–Crippen MR) is 68.7 cm³/mol. The summed E-state index contributed by atoms with van der Waals surface area (Å²) < 4.78 is 9.98. The van der Waals surface area contributed by atoms with Crippen molar-refractivity contribution in [2.75, 3.05) is 7.11 Å². The first-order chi connectivity index (χ1) is 9.54. The van der Waals surface area contributed by atoms with Crippen LogP contribution in [-0.4, -0.2) is 52.8 Å². The number of rotatable bonds is 4. The highest BCUT2D eigenvalue weighted by molar-refractivity contribution is 5.69. The van der Waals surface area contributed by atoms with Gasteiger partial charge in [-0.05, 0) is 5.56 Å². The molecule has 6 nitrogen and oxygen atoms in total. The summed E-state index contributed by atoms with van der Waals surface area (Å²) >= 11 is 0. The summed E-state index contributed by atoms with van der Waals surface area (Å²) in [4.78, 5) is 11.1. The van der Waals surface area contributed by atoms with Crippen molar-refractivity contribution in [3.63, 3.8) is 0 Å². The van der Waals surface area contributed by atoms with Crippen molar-refractivity contribution in [1.29, 1.82) is 0 Å². The van der Waals surface area contributed by atoms with E-state index in [9.17, 15) is 20.1 Å². The maximum atomic E-state index is 11.1. The van der Waals surface area contributed by atoms with Gasteiger partial charge in [-0.25, -0.2) is 0 Å². The van der Waals surface area contributed by atoms with Crippen LogP contribution in [0.2, 0.25) is 0 Å². The van der Waals surface area contributed by atoms with Gasteiger partial charge < -0.3 is 24.8 Å². The molecule has 6 heteroatoms. The van der Waals surface area contributed by atoms with Gasteiger partial charge in [-0.2, -0.15) is 0 Å². The Balaban J connectivity index is 2.09. The number of hydrogen-bond donors (Lipinski definition) is 3. The molecule has 1 aromatic carbocycles. The molecule has 20 heavy (non-hydrogen) atoms. The van der Waals surface area contributed by atoms with Crippen LogP contribution in [0.15, 0.2) is 30.3 Å². The van der Waals surface area contributed by atoms with Crippen LogP contribution in [0.3, 0.4) is 0 Å². The Hall–Kier alpha value is -1.47. The molecule has 2 rings (SSSR count). The van der Waals surface area contributed by atoms with E-state index in [2.05, 4.69) is 4.74 Å². The molecule has 5 atom stereocenters. The van der Waals surface area contributed by atoms with Gasteiger partial charge in [0.15, 0.2) is 0 Å². The highest BCUT2D eigenvalue weighted by Gasteiger charge is 2.46. The third kappa shape index (κ3) is 2.99. The van der Waals surface area contributed by atoms with Crippen LogP contribution in [-0.2, 0) is 14.3 Å². The topological polar surface area (TPSA) is 96.2 Å². The quantitative estimate of drug-likeness (QED) is 0.660. The molecule has 0 unspecified atom stereocenters. The monoisotopic (exact) mass is 282 g/mol. The lowest BCUT2D eigenvalue weighted by atomic mass is 9.99. The minimum atomic E-state index is -1.26. The van der Waals surface area contributed by atoms with E-state index >= 15 is 0 Å². The van der Waals surface area contributed by atoms with Crippen LogP contribution in [0, 0.1) is 0 Å². The third-order valence-electron chi connectivity index (χ3n) is 3.41. The van der Waals surface area contributed by atoms with Gasteiger partial charge in [0.2, 0.25) is 0 Å². The van der Waals surface area contributed by atoms with Crippen molar-refractivity contribution in [2.45, 2.75) is 36.9 Å². The average molecular weight is 282 g/mol. The number of esters is 1. The predicted octanol–water partition coefficient (Wildman–Crippen LogP) is -0.228. The molecule has 1 saturated heterocycles. The number of benzene rings is 1. The van der Waals surface area contributed by atoms with Crippen molar-refractivity contribution >= 4 is 5.97 Å². The van der Waals surface area contributed by atoms with Gasteiger partial charge >= 0.3 is 5.97 Å². The van der Waals surface area contributed by atoms with Gasteiger partial charge in [0.25, 0.3) is 0 Å². The van der Waals surface area contributed by atoms with Gasteiger partial charge in [-0.1, -0.05) is 30.3 Å². The second kappa shape index (κ2) is 6.32. The lowest BCUT2D eigenvalue weighted by Gasteiger charge is -2.20. The molecule has 1 heterocycles. The smallest absolute Gasteiger partial charge is 0.308 e. The maximum Gasteiger partial charge on any atom is 0.308 e. The van der Waals surface area contributed by atoms with Crippen LogP contribution in [0.25, 0.3) is 0 Å². The molecule has 3 N–H and O–H groups in total. The Morgan fingerprint density at radius 2 is 1.95 bits per heavy atom. The fourth-order valence-corrected chi connectivity index (χ4v) is 2.31. The van der Waals surface area contributed by atoms with Crippen LogP contribution >= 0.6 is 0 Å². The maximum absolute atomic E-state index is 11.1. The highest BCUT2D eigenvalue weighted by atomic mass is 16.6. The van der Waals surface area contributed by atoms with Crippen molar-refractivity contribution in [1.82, 2.24) is 0 Å². The number of aliphatic hydroxyl groups is 3. The number of methoxy groups -OCH3 is 1. The molecular weight excluding hydrogens is 264 g/mol. The fourth-order valence-electron chi connectivity index (χ4n) is 2.31. The Morgan fingerprint density at radius 3 is 2.55 bits per heavy atom. The molecule has 1 aliphatic heterocycles. The summed E-state index contributed by atoms with van der Waals surface area (Å²) in [5.41, 5.74) is 0.701. The van der Waals surface area contributed by atoms with E-state index in [1.165, 1.54) is 7.11 Å². The molecule has 0 amide bonds. The second-order valence-corrected chi connectivity index (χ2v) is 4.76. The van der Waals surface area contributed by atoms with Gasteiger partial charge in [-0.15, -0.1) is 0 Å². The zero-order valence-electron chi connectivity index (χ0n) is 11.0. The average Bonchev–Trinajstić information content (AvgIpc) is 2.76. The van der Waals surface area contributed by atoms with Gasteiger partial charge in [0.1, 0.15) is 24.4 Å². The minimum Gasteiger partial charge on any atom is -0.469 e. The van der Waals surface area contributed by atoms with Crippen molar-refractivity contribution in [3.8, 4) is 0 Å². The van der Waals surface area contributed by atoms with Crippen molar-refractivity contribution < 1.29 is 29.6 Å². The third-order valence-corrected chi connectivity index (χ3v) is 3.41. The standard InChI is InChI=1S/C14H18O6/c1-19-10(16)7-9(15)14-12(18)11(17)13(20-14)8-5-3-2-4-6-8/h2-6,9,11-15,17-18H,7H2,1H3/t9-,11-,12+,13-,14+/m0/s1. The van der Waals surface area contributed by atoms with Crippen molar-refractivity contribution in [2.24, 2.45) is 0 Å². The van der Waals surface area contributed by atoms with E-state index in [0.717, 1.165) is 0 Å². The molecule has 0 radical (unpaired) electrons. The van der Waals surface area contributed by atoms with E-state index in [1.54, 1.807) is 24.3 Å². The lowest BCUT2D eigenvalue weighted by Crippen LogP contribution is -2.39. The van der Waals surface area contributed by atoms with Gasteiger partial charge in [0, 0.05) is 0 Å². The van der Waals surface area contributed by atoms with E-state index in [4.69, 9.17) is 4.74 Å². The first-order valence-corrected chi connectivity index (χ1v) is 6.36. The molecule has 1 aromatic rings. The molecular formula is C14H18O6. The summed E-state index contributed by atoms with van der Waals surface area (Å²) in [6.07, 6.45) is -5.72. The van der Waals surface area contributed by atoms with Crippen LogP contribution < -0.4 is 0 Å². The summed E-state index contributed by atoms with van der Waals surface area (Å²) in [5.74, 6) is -0.606. The van der Waals surface area contributed by atoms with E-state index < -0.39 is 36.5 Å². The first kappa shape index (κ1) is 14.9. The molecule has 0 aliphatic carbocycles. The number of carbonyl (C=O) groups excluding carboxylic acids is 1. The largest absolute Gasteiger partial charge is 0.469 e. The molecule has 0 saturated carbocycles. The Labute approximate surface area is 116 Å². The minimum absolute atomic E-state index is 0.299. The lowest BCUT2D eigenvalue weighted by molar-refractivity contribution is -0.146. The van der Waals surface area contributed by atoms with Gasteiger partial charge in [-0.3, -0.25) is 4.79 Å².